The van der Waals surface area contributed by atoms with Gasteiger partial charge in [0.2, 0.25) is 0 Å². The number of benzene rings is 2. The maximum absolute atomic E-state index is 13.5. The number of H-pyrrole nitrogens is 1. The standard InChI is InChI=1S/C30H38N4O3/c35-29-18-28-25(27(31-32-28)15-21-7-3-1-4-8-21)17-26(29)30(36)34-19-22-9-10-24(16-23(22)20-34)37-14-13-33-11-5-2-6-12-33/h9-10,16-18,21,35H,1-8,11-15,19-20H2,(H,31,32). The molecule has 3 aromatic rings. The van der Waals surface area contributed by atoms with Gasteiger partial charge in [-0.1, -0.05) is 44.6 Å². The number of amides is 1. The molecule has 1 aromatic heterocycles. The van der Waals surface area contributed by atoms with Crippen molar-refractivity contribution < 1.29 is 14.6 Å². The number of carbonyl (C=O) groups is 1. The van der Waals surface area contributed by atoms with Crippen LogP contribution in [0, 0.1) is 5.92 Å². The summed E-state index contributed by atoms with van der Waals surface area (Å²) >= 11 is 0. The van der Waals surface area contributed by atoms with Gasteiger partial charge in [0.1, 0.15) is 18.1 Å². The molecule has 1 amide bonds. The second kappa shape index (κ2) is 10.7. The first-order valence-electron chi connectivity index (χ1n) is 14.1. The highest BCUT2D eigenvalue weighted by Gasteiger charge is 2.27. The number of phenols is 1. The number of hydrogen-bond donors (Lipinski definition) is 2. The van der Waals surface area contributed by atoms with Gasteiger partial charge in [0, 0.05) is 36.8 Å². The van der Waals surface area contributed by atoms with Crippen molar-refractivity contribution in [3.8, 4) is 11.5 Å². The van der Waals surface area contributed by atoms with Crippen LogP contribution in [-0.2, 0) is 19.5 Å². The van der Waals surface area contributed by atoms with E-state index in [1.807, 2.05) is 17.0 Å². The first kappa shape index (κ1) is 24.3. The summed E-state index contributed by atoms with van der Waals surface area (Å²) in [4.78, 5) is 17.8. The van der Waals surface area contributed by atoms with Gasteiger partial charge < -0.3 is 14.7 Å². The third kappa shape index (κ3) is 5.33. The topological polar surface area (TPSA) is 81.7 Å². The first-order valence-corrected chi connectivity index (χ1v) is 14.1. The highest BCUT2D eigenvalue weighted by Crippen LogP contribution is 2.34. The number of nitrogens with zero attached hydrogens (tertiary/aromatic N) is 3. The summed E-state index contributed by atoms with van der Waals surface area (Å²) < 4.78 is 6.05. The molecule has 7 heteroatoms. The third-order valence-electron chi connectivity index (χ3n) is 8.51. The number of carbonyl (C=O) groups excluding carboxylic acids is 1. The van der Waals surface area contributed by atoms with Crippen molar-refractivity contribution in [1.82, 2.24) is 20.0 Å². The van der Waals surface area contributed by atoms with Crippen molar-refractivity contribution in [2.45, 2.75) is 70.9 Å². The van der Waals surface area contributed by atoms with Gasteiger partial charge in [0.25, 0.3) is 5.91 Å². The van der Waals surface area contributed by atoms with E-state index in [4.69, 9.17) is 4.74 Å². The van der Waals surface area contributed by atoms with Crippen molar-refractivity contribution in [2.24, 2.45) is 5.92 Å². The van der Waals surface area contributed by atoms with Crippen LogP contribution in [0.4, 0.5) is 0 Å². The number of nitrogens with one attached hydrogen (secondary N) is 1. The third-order valence-corrected chi connectivity index (χ3v) is 8.51. The van der Waals surface area contributed by atoms with Crippen LogP contribution in [0.2, 0.25) is 0 Å². The average molecular weight is 503 g/mol. The number of likely N-dealkylation sites (tertiary alicyclic amines) is 1. The lowest BCUT2D eigenvalue weighted by atomic mass is 9.85. The molecule has 2 aliphatic heterocycles. The molecule has 2 fully saturated rings. The number of piperidine rings is 1. The largest absolute Gasteiger partial charge is 0.507 e. The SMILES string of the molecule is O=C(c1cc2c(CC3CCCCC3)[nH]nc2cc1O)N1Cc2ccc(OCCN3CCCCC3)cc2C1. The van der Waals surface area contributed by atoms with Gasteiger partial charge in [0.05, 0.1) is 11.1 Å². The Hall–Kier alpha value is -3.06. The minimum atomic E-state index is -0.145. The highest BCUT2D eigenvalue weighted by atomic mass is 16.5. The van der Waals surface area contributed by atoms with Gasteiger partial charge in [-0.25, -0.2) is 0 Å². The molecular formula is C30H38N4O3. The fourth-order valence-electron chi connectivity index (χ4n) is 6.36. The number of phenolic OH excluding ortho intramolecular Hbond substituents is 1. The zero-order valence-corrected chi connectivity index (χ0v) is 21.7. The van der Waals surface area contributed by atoms with E-state index in [1.165, 1.54) is 64.5 Å². The fraction of sp³-hybridized carbons (Fsp3) is 0.533. The van der Waals surface area contributed by atoms with Crippen LogP contribution < -0.4 is 4.74 Å². The van der Waals surface area contributed by atoms with Crippen molar-refractivity contribution >= 4 is 16.8 Å². The second-order valence-electron chi connectivity index (χ2n) is 11.1. The smallest absolute Gasteiger partial charge is 0.258 e. The van der Waals surface area contributed by atoms with E-state index in [2.05, 4.69) is 27.2 Å². The van der Waals surface area contributed by atoms with Crippen molar-refractivity contribution in [3.63, 3.8) is 0 Å². The Kier molecular flexibility index (Phi) is 7.05. The molecule has 0 spiro atoms. The van der Waals surface area contributed by atoms with Crippen LogP contribution in [-0.4, -0.2) is 57.3 Å². The Bertz CT molecular complexity index is 1260. The molecule has 0 unspecified atom stereocenters. The zero-order chi connectivity index (χ0) is 25.2. The van der Waals surface area contributed by atoms with Gasteiger partial charge in [-0.2, -0.15) is 5.10 Å². The molecule has 3 heterocycles. The molecule has 3 aliphatic rings. The van der Waals surface area contributed by atoms with E-state index >= 15 is 0 Å². The Labute approximate surface area is 218 Å². The minimum Gasteiger partial charge on any atom is -0.507 e. The lowest BCUT2D eigenvalue weighted by Gasteiger charge is -2.26. The van der Waals surface area contributed by atoms with E-state index in [1.54, 1.807) is 6.07 Å². The summed E-state index contributed by atoms with van der Waals surface area (Å²) in [5.74, 6) is 1.37. The number of aromatic nitrogens is 2. The summed E-state index contributed by atoms with van der Waals surface area (Å²) in [6.07, 6.45) is 11.3. The molecule has 2 aromatic carbocycles. The van der Waals surface area contributed by atoms with Crippen LogP contribution in [0.1, 0.15) is 78.5 Å². The van der Waals surface area contributed by atoms with E-state index in [-0.39, 0.29) is 11.7 Å². The first-order chi connectivity index (χ1) is 18.1. The number of aromatic amines is 1. The predicted molar refractivity (Wildman–Crippen MR) is 144 cm³/mol. The maximum atomic E-state index is 13.5. The molecule has 1 aliphatic carbocycles. The Balaban J connectivity index is 1.12. The number of aromatic hydroxyl groups is 1. The molecule has 37 heavy (non-hydrogen) atoms. The number of hydrogen-bond acceptors (Lipinski definition) is 5. The van der Waals surface area contributed by atoms with Crippen LogP contribution in [0.5, 0.6) is 11.5 Å². The summed E-state index contributed by atoms with van der Waals surface area (Å²) in [7, 11) is 0. The monoisotopic (exact) mass is 502 g/mol. The summed E-state index contributed by atoms with van der Waals surface area (Å²) in [5.41, 5.74) is 4.40. The summed E-state index contributed by atoms with van der Waals surface area (Å²) in [6.45, 7) is 5.05. The van der Waals surface area contributed by atoms with Crippen LogP contribution in [0.15, 0.2) is 30.3 Å². The molecule has 2 N–H and O–H groups in total. The zero-order valence-electron chi connectivity index (χ0n) is 21.7. The molecule has 0 bridgehead atoms. The highest BCUT2D eigenvalue weighted by molar-refractivity contribution is 6.01. The molecule has 196 valence electrons. The maximum Gasteiger partial charge on any atom is 0.258 e. The van der Waals surface area contributed by atoms with Crippen molar-refractivity contribution in [1.29, 1.82) is 0 Å². The molecule has 1 saturated carbocycles. The Morgan fingerprint density at radius 2 is 1.78 bits per heavy atom. The summed E-state index contributed by atoms with van der Waals surface area (Å²) in [5, 5.41) is 19.3. The van der Waals surface area contributed by atoms with Gasteiger partial charge in [-0.05, 0) is 67.6 Å². The average Bonchev–Trinajstić information content (AvgIpc) is 3.52. The molecule has 1 saturated heterocycles. The molecule has 7 nitrogen and oxygen atoms in total. The van der Waals surface area contributed by atoms with Crippen LogP contribution >= 0.6 is 0 Å². The molecule has 6 rings (SSSR count). The van der Waals surface area contributed by atoms with Crippen molar-refractivity contribution in [3.05, 3.63) is 52.7 Å². The van der Waals surface area contributed by atoms with E-state index in [9.17, 15) is 9.90 Å². The Morgan fingerprint density at radius 3 is 2.62 bits per heavy atom. The van der Waals surface area contributed by atoms with Crippen LogP contribution in [0.3, 0.4) is 0 Å². The van der Waals surface area contributed by atoms with Gasteiger partial charge >= 0.3 is 0 Å². The normalized spacial score (nSPS) is 18.9. The predicted octanol–water partition coefficient (Wildman–Crippen LogP) is 5.41. The molecule has 0 radical (unpaired) electrons. The molecule has 0 atom stereocenters. The van der Waals surface area contributed by atoms with Crippen molar-refractivity contribution in [2.75, 3.05) is 26.2 Å². The quantitative estimate of drug-likeness (QED) is 0.451. The summed E-state index contributed by atoms with van der Waals surface area (Å²) in [6, 6.07) is 9.61. The number of fused-ring (bicyclic) bond motifs is 2. The fourth-order valence-corrected chi connectivity index (χ4v) is 6.36. The van der Waals surface area contributed by atoms with E-state index < -0.39 is 0 Å². The number of ether oxygens (including phenoxy) is 1. The van der Waals surface area contributed by atoms with Crippen LogP contribution in [0.25, 0.3) is 10.9 Å². The Morgan fingerprint density at radius 1 is 1.00 bits per heavy atom. The lowest BCUT2D eigenvalue weighted by molar-refractivity contribution is 0.0748. The minimum absolute atomic E-state index is 0.00842. The van der Waals surface area contributed by atoms with E-state index in [0.717, 1.165) is 46.4 Å². The van der Waals surface area contributed by atoms with Gasteiger partial charge in [0.15, 0.2) is 0 Å². The number of rotatable bonds is 7. The lowest BCUT2D eigenvalue weighted by Crippen LogP contribution is -2.33. The molecular weight excluding hydrogens is 464 g/mol. The van der Waals surface area contributed by atoms with E-state index in [0.29, 0.717) is 31.2 Å². The second-order valence-corrected chi connectivity index (χ2v) is 11.1. The van der Waals surface area contributed by atoms with Gasteiger partial charge in [-0.15, -0.1) is 0 Å². The van der Waals surface area contributed by atoms with Gasteiger partial charge in [-0.3, -0.25) is 14.8 Å².